The zero-order valence-electron chi connectivity index (χ0n) is 18.4. The van der Waals surface area contributed by atoms with E-state index in [2.05, 4.69) is 17.2 Å². The van der Waals surface area contributed by atoms with Crippen LogP contribution in [-0.2, 0) is 19.1 Å². The Bertz CT molecular complexity index is 903. The number of methoxy groups -OCH3 is 1. The van der Waals surface area contributed by atoms with Crippen molar-refractivity contribution < 1.29 is 23.9 Å². The van der Waals surface area contributed by atoms with Gasteiger partial charge in [0.15, 0.2) is 5.60 Å². The van der Waals surface area contributed by atoms with E-state index in [0.717, 1.165) is 24.0 Å². The third-order valence-electron chi connectivity index (χ3n) is 6.17. The molecular weight excluding hydrogens is 396 g/mol. The van der Waals surface area contributed by atoms with Crippen LogP contribution in [0, 0.1) is 24.7 Å². The average molecular weight is 427 g/mol. The number of aryl methyl sites for hydroxylation is 1. The van der Waals surface area contributed by atoms with Crippen LogP contribution in [0.15, 0.2) is 24.3 Å². The van der Waals surface area contributed by atoms with E-state index in [4.69, 9.17) is 9.47 Å². The number of likely N-dealkylation sites (tertiary alicyclic amines) is 1. The summed E-state index contributed by atoms with van der Waals surface area (Å²) < 4.78 is 11.0. The fraction of sp³-hybridized carbons (Fsp3) is 0.542. The molecular formula is C24H30N2O5. The van der Waals surface area contributed by atoms with Gasteiger partial charge in [-0.3, -0.25) is 9.59 Å². The number of fused-ring (bicyclic) bond motifs is 1. The minimum Gasteiger partial charge on any atom is -0.453 e. The number of nitrogens with one attached hydrogen (secondary N) is 1. The summed E-state index contributed by atoms with van der Waals surface area (Å²) >= 11 is 0. The molecule has 1 saturated carbocycles. The lowest BCUT2D eigenvalue weighted by atomic mass is 9.72. The largest absolute Gasteiger partial charge is 0.453 e. The van der Waals surface area contributed by atoms with Crippen LogP contribution in [0.5, 0.6) is 0 Å². The van der Waals surface area contributed by atoms with Crippen molar-refractivity contribution in [2.24, 2.45) is 5.92 Å². The number of nitrogens with zero attached hydrogens (tertiary/aromatic N) is 1. The second-order valence-electron chi connectivity index (χ2n) is 8.17. The van der Waals surface area contributed by atoms with E-state index in [1.807, 2.05) is 31.2 Å². The number of ether oxygens (including phenoxy) is 2. The van der Waals surface area contributed by atoms with Crippen molar-refractivity contribution in [3.8, 4) is 11.8 Å². The molecule has 1 aliphatic heterocycles. The van der Waals surface area contributed by atoms with Crippen LogP contribution >= 0.6 is 0 Å². The van der Waals surface area contributed by atoms with Crippen LogP contribution in [0.1, 0.15) is 49.7 Å². The highest BCUT2D eigenvalue weighted by atomic mass is 16.6. The summed E-state index contributed by atoms with van der Waals surface area (Å²) in [5.74, 6) is 5.74. The predicted molar refractivity (Wildman–Crippen MR) is 115 cm³/mol. The van der Waals surface area contributed by atoms with Crippen LogP contribution in [0.3, 0.4) is 0 Å². The van der Waals surface area contributed by atoms with Crippen molar-refractivity contribution in [1.82, 2.24) is 10.2 Å². The highest BCUT2D eigenvalue weighted by molar-refractivity contribution is 5.81. The quantitative estimate of drug-likeness (QED) is 0.591. The molecule has 0 spiro atoms. The molecule has 2 amide bonds. The Morgan fingerprint density at radius 2 is 2.06 bits per heavy atom. The first-order chi connectivity index (χ1) is 14.9. The van der Waals surface area contributed by atoms with Gasteiger partial charge in [0.2, 0.25) is 5.91 Å². The third kappa shape index (κ3) is 5.19. The van der Waals surface area contributed by atoms with Crippen molar-refractivity contribution >= 4 is 18.0 Å². The predicted octanol–water partition coefficient (Wildman–Crippen LogP) is 2.80. The summed E-state index contributed by atoms with van der Waals surface area (Å²) in [5, 5.41) is 2.51. The lowest BCUT2D eigenvalue weighted by molar-refractivity contribution is -0.163. The van der Waals surface area contributed by atoms with Crippen molar-refractivity contribution in [3.63, 3.8) is 0 Å². The van der Waals surface area contributed by atoms with Gasteiger partial charge < -0.3 is 19.7 Å². The Kier molecular flexibility index (Phi) is 7.21. The summed E-state index contributed by atoms with van der Waals surface area (Å²) in [6, 6.07) is 7.78. The zero-order valence-corrected chi connectivity index (χ0v) is 18.4. The molecule has 0 radical (unpaired) electrons. The molecule has 2 fully saturated rings. The van der Waals surface area contributed by atoms with Crippen LogP contribution in [-0.4, -0.2) is 55.2 Å². The van der Waals surface area contributed by atoms with Gasteiger partial charge in [-0.05, 0) is 56.2 Å². The number of carbonyl (C=O) groups excluding carboxylic acids is 3. The first-order valence-electron chi connectivity index (χ1n) is 10.8. The number of esters is 1. The second-order valence-corrected chi connectivity index (χ2v) is 8.17. The zero-order chi connectivity index (χ0) is 22.4. The van der Waals surface area contributed by atoms with Crippen molar-refractivity contribution in [2.45, 2.75) is 57.1 Å². The Hall–Kier alpha value is -3.01. The highest BCUT2D eigenvalue weighted by Crippen LogP contribution is 2.45. The maximum absolute atomic E-state index is 12.7. The van der Waals surface area contributed by atoms with Crippen LogP contribution in [0.25, 0.3) is 0 Å². The number of benzene rings is 1. The van der Waals surface area contributed by atoms with Gasteiger partial charge in [-0.25, -0.2) is 4.79 Å². The minimum atomic E-state index is -0.991. The molecule has 7 nitrogen and oxygen atoms in total. The first-order valence-corrected chi connectivity index (χ1v) is 10.8. The molecule has 1 saturated heterocycles. The maximum atomic E-state index is 12.7. The summed E-state index contributed by atoms with van der Waals surface area (Å²) in [6.07, 6.45) is 2.59. The van der Waals surface area contributed by atoms with Gasteiger partial charge in [0, 0.05) is 37.5 Å². The fourth-order valence-corrected chi connectivity index (χ4v) is 4.66. The number of hydrogen-bond donors (Lipinski definition) is 1. The van der Waals surface area contributed by atoms with Gasteiger partial charge in [-0.15, -0.1) is 0 Å². The van der Waals surface area contributed by atoms with E-state index < -0.39 is 11.6 Å². The van der Waals surface area contributed by atoms with E-state index in [-0.39, 0.29) is 36.8 Å². The van der Waals surface area contributed by atoms with Gasteiger partial charge in [0.1, 0.15) is 0 Å². The third-order valence-corrected chi connectivity index (χ3v) is 6.17. The molecule has 2 aliphatic rings. The Labute approximate surface area is 183 Å². The Morgan fingerprint density at radius 3 is 2.77 bits per heavy atom. The summed E-state index contributed by atoms with van der Waals surface area (Å²) in [7, 11) is 2.91. The minimum absolute atomic E-state index is 0.00828. The molecule has 3 rings (SSSR count). The normalized spacial score (nSPS) is 24.4. The van der Waals surface area contributed by atoms with E-state index in [1.54, 1.807) is 4.90 Å². The van der Waals surface area contributed by atoms with Crippen molar-refractivity contribution in [3.05, 3.63) is 35.4 Å². The smallest absolute Gasteiger partial charge is 0.409 e. The molecule has 0 unspecified atom stereocenters. The van der Waals surface area contributed by atoms with E-state index in [0.29, 0.717) is 19.4 Å². The Morgan fingerprint density at radius 1 is 1.26 bits per heavy atom. The molecule has 1 aliphatic carbocycles. The molecule has 1 aromatic rings. The van der Waals surface area contributed by atoms with Gasteiger partial charge in [0.25, 0.3) is 0 Å². The SMILES string of the molecule is CNC(=O)CCC(=O)O[C@@]1(C#Cc2cccc(C)c2)CCC[C@@H]2[C@H]1CCN2C(=O)OC. The van der Waals surface area contributed by atoms with Gasteiger partial charge in [-0.2, -0.15) is 0 Å². The molecule has 3 atom stereocenters. The number of rotatable bonds is 4. The molecule has 1 N–H and O–H groups in total. The summed E-state index contributed by atoms with van der Waals surface area (Å²) in [5.41, 5.74) is 0.961. The molecule has 7 heteroatoms. The van der Waals surface area contributed by atoms with Crippen LogP contribution < -0.4 is 5.32 Å². The van der Waals surface area contributed by atoms with Gasteiger partial charge in [0.05, 0.1) is 13.5 Å². The average Bonchev–Trinajstić information content (AvgIpc) is 3.21. The Balaban J connectivity index is 1.90. The van der Waals surface area contributed by atoms with Crippen molar-refractivity contribution in [2.75, 3.05) is 20.7 Å². The van der Waals surface area contributed by atoms with E-state index >= 15 is 0 Å². The first kappa shape index (κ1) is 22.7. The molecule has 0 bridgehead atoms. The number of carbonyl (C=O) groups is 3. The molecule has 1 heterocycles. The fourth-order valence-electron chi connectivity index (χ4n) is 4.66. The number of amides is 2. The number of hydrogen-bond acceptors (Lipinski definition) is 5. The maximum Gasteiger partial charge on any atom is 0.409 e. The highest BCUT2D eigenvalue weighted by Gasteiger charge is 2.53. The summed E-state index contributed by atoms with van der Waals surface area (Å²) in [4.78, 5) is 38.2. The monoisotopic (exact) mass is 426 g/mol. The second kappa shape index (κ2) is 9.86. The lowest BCUT2D eigenvalue weighted by Crippen LogP contribution is -2.51. The molecule has 166 valence electrons. The van der Waals surface area contributed by atoms with Gasteiger partial charge in [-0.1, -0.05) is 18.1 Å². The topological polar surface area (TPSA) is 84.9 Å². The van der Waals surface area contributed by atoms with E-state index in [9.17, 15) is 14.4 Å². The van der Waals surface area contributed by atoms with Gasteiger partial charge >= 0.3 is 12.1 Å². The molecule has 1 aromatic carbocycles. The molecule has 0 aromatic heterocycles. The lowest BCUT2D eigenvalue weighted by Gasteiger charge is -2.42. The van der Waals surface area contributed by atoms with Crippen molar-refractivity contribution in [1.29, 1.82) is 0 Å². The van der Waals surface area contributed by atoms with E-state index in [1.165, 1.54) is 14.2 Å². The standard InChI is InChI=1S/C24H30N2O5/c1-17-6-4-7-18(16-17)11-14-24(31-22(28)10-9-21(27)25-2)13-5-8-20-19(24)12-15-26(20)23(29)30-3/h4,6-7,16,19-20H,5,8-10,12-13,15H2,1-3H3,(H,25,27)/t19-,20-,24-/m1/s1. The molecule has 31 heavy (non-hydrogen) atoms. The van der Waals surface area contributed by atoms with Crippen LogP contribution in [0.4, 0.5) is 4.79 Å². The summed E-state index contributed by atoms with van der Waals surface area (Å²) in [6.45, 7) is 2.55. The van der Waals surface area contributed by atoms with Crippen LogP contribution in [0.2, 0.25) is 0 Å².